The van der Waals surface area contributed by atoms with Crippen LogP contribution in [0.5, 0.6) is 0 Å². The van der Waals surface area contributed by atoms with Gasteiger partial charge in [0.2, 0.25) is 0 Å². The fraction of sp³-hybridized carbons (Fsp3) is 0.273. The Labute approximate surface area is 84.3 Å². The fourth-order valence-electron chi connectivity index (χ4n) is 1.18. The summed E-state index contributed by atoms with van der Waals surface area (Å²) < 4.78 is 0. The molecule has 13 heavy (non-hydrogen) atoms. The maximum absolute atomic E-state index is 3.72. The minimum Gasteiger partial charge on any atom is -0.312 e. The van der Waals surface area contributed by atoms with E-state index in [1.54, 1.807) is 0 Å². The summed E-state index contributed by atoms with van der Waals surface area (Å²) in [5.41, 5.74) is 1.30. The van der Waals surface area contributed by atoms with E-state index in [9.17, 15) is 0 Å². The second kappa shape index (κ2) is 5.84. The van der Waals surface area contributed by atoms with E-state index in [0.29, 0.717) is 0 Å². The maximum Gasteiger partial charge on any atom is 0.0216 e. The highest BCUT2D eigenvalue weighted by molar-refractivity contribution is 8.03. The van der Waals surface area contributed by atoms with E-state index in [4.69, 9.17) is 0 Å². The molecule has 0 saturated carbocycles. The van der Waals surface area contributed by atoms with Gasteiger partial charge < -0.3 is 5.32 Å². The molecule has 1 aliphatic heterocycles. The molecule has 1 N–H and O–H groups in total. The third kappa shape index (κ3) is 3.25. The molecule has 0 aromatic rings. The normalized spacial score (nSPS) is 24.3. The first-order valence-corrected chi connectivity index (χ1v) is 5.35. The molecule has 0 radical (unpaired) electrons. The molecule has 1 heterocycles. The van der Waals surface area contributed by atoms with Gasteiger partial charge in [-0.15, -0.1) is 11.8 Å². The van der Waals surface area contributed by atoms with E-state index in [0.717, 1.165) is 18.8 Å². The van der Waals surface area contributed by atoms with Crippen LogP contribution in [0, 0.1) is 0 Å². The van der Waals surface area contributed by atoms with Crippen molar-refractivity contribution >= 4 is 11.8 Å². The van der Waals surface area contributed by atoms with Gasteiger partial charge in [0.25, 0.3) is 0 Å². The van der Waals surface area contributed by atoms with Gasteiger partial charge in [-0.2, -0.15) is 0 Å². The van der Waals surface area contributed by atoms with Gasteiger partial charge in [0, 0.05) is 23.7 Å². The third-order valence-corrected chi connectivity index (χ3v) is 2.87. The molecule has 0 aromatic carbocycles. The van der Waals surface area contributed by atoms with Crippen LogP contribution in [0.15, 0.2) is 47.9 Å². The third-order valence-electron chi connectivity index (χ3n) is 1.76. The van der Waals surface area contributed by atoms with E-state index in [1.807, 2.05) is 23.9 Å². The Morgan fingerprint density at radius 2 is 2.00 bits per heavy atom. The van der Waals surface area contributed by atoms with Crippen LogP contribution in [-0.4, -0.2) is 18.8 Å². The fourth-order valence-corrected chi connectivity index (χ4v) is 2.17. The van der Waals surface area contributed by atoms with Gasteiger partial charge >= 0.3 is 0 Å². The summed E-state index contributed by atoms with van der Waals surface area (Å²) in [4.78, 5) is 1.31. The standard InChI is InChI=1S/C11H15NS/c1-3-5-10-9-12-7-8-13-11(10)6-4-2/h3-6,12H,1-2,7-9H2/b10-5-,11-6+. The van der Waals surface area contributed by atoms with Crippen molar-refractivity contribution in [2.24, 2.45) is 0 Å². The molecule has 2 heteroatoms. The zero-order chi connectivity index (χ0) is 9.52. The van der Waals surface area contributed by atoms with Crippen LogP contribution in [0.3, 0.4) is 0 Å². The van der Waals surface area contributed by atoms with E-state index >= 15 is 0 Å². The van der Waals surface area contributed by atoms with Gasteiger partial charge in [0.05, 0.1) is 0 Å². The van der Waals surface area contributed by atoms with Gasteiger partial charge in [0.1, 0.15) is 0 Å². The quantitative estimate of drug-likeness (QED) is 0.723. The first-order valence-electron chi connectivity index (χ1n) is 4.36. The molecule has 0 atom stereocenters. The number of thioether (sulfide) groups is 1. The molecular formula is C11H15NS. The lowest BCUT2D eigenvalue weighted by Crippen LogP contribution is -2.16. The minimum absolute atomic E-state index is 0.929. The van der Waals surface area contributed by atoms with Crippen molar-refractivity contribution in [1.29, 1.82) is 0 Å². The Morgan fingerprint density at radius 1 is 1.23 bits per heavy atom. The van der Waals surface area contributed by atoms with Gasteiger partial charge in [-0.25, -0.2) is 0 Å². The number of hydrogen-bond acceptors (Lipinski definition) is 2. The van der Waals surface area contributed by atoms with E-state index in [1.165, 1.54) is 10.5 Å². The van der Waals surface area contributed by atoms with E-state index in [-0.39, 0.29) is 0 Å². The second-order valence-electron chi connectivity index (χ2n) is 2.72. The molecule has 1 aliphatic rings. The average Bonchev–Trinajstić information content (AvgIpc) is 2.33. The van der Waals surface area contributed by atoms with Crippen LogP contribution in [0.4, 0.5) is 0 Å². The highest BCUT2D eigenvalue weighted by atomic mass is 32.2. The first kappa shape index (κ1) is 10.4. The monoisotopic (exact) mass is 193 g/mol. The lowest BCUT2D eigenvalue weighted by atomic mass is 10.2. The van der Waals surface area contributed by atoms with E-state index < -0.39 is 0 Å². The predicted molar refractivity (Wildman–Crippen MR) is 61.9 cm³/mol. The zero-order valence-electron chi connectivity index (χ0n) is 7.75. The lowest BCUT2D eigenvalue weighted by molar-refractivity contribution is 0.797. The van der Waals surface area contributed by atoms with Crippen molar-refractivity contribution in [3.05, 3.63) is 47.9 Å². The summed E-state index contributed by atoms with van der Waals surface area (Å²) in [5.74, 6) is 1.12. The summed E-state index contributed by atoms with van der Waals surface area (Å²) >= 11 is 1.87. The number of nitrogens with one attached hydrogen (secondary N) is 1. The summed E-state index contributed by atoms with van der Waals surface area (Å²) in [7, 11) is 0. The van der Waals surface area contributed by atoms with Crippen molar-refractivity contribution in [2.75, 3.05) is 18.8 Å². The largest absolute Gasteiger partial charge is 0.312 e. The van der Waals surface area contributed by atoms with Gasteiger partial charge in [0.15, 0.2) is 0 Å². The van der Waals surface area contributed by atoms with Crippen molar-refractivity contribution in [3.63, 3.8) is 0 Å². The zero-order valence-corrected chi connectivity index (χ0v) is 8.57. The Morgan fingerprint density at radius 3 is 2.69 bits per heavy atom. The molecule has 0 spiro atoms. The Bertz CT molecular complexity index is 225. The molecule has 0 aromatic heterocycles. The smallest absolute Gasteiger partial charge is 0.0216 e. The maximum atomic E-state index is 3.72. The summed E-state index contributed by atoms with van der Waals surface area (Å²) in [6, 6.07) is 0. The molecule has 1 nitrogen and oxygen atoms in total. The topological polar surface area (TPSA) is 12.0 Å². The molecular weight excluding hydrogens is 178 g/mol. The molecule has 0 aliphatic carbocycles. The summed E-state index contributed by atoms with van der Waals surface area (Å²) in [6.07, 6.45) is 7.79. The van der Waals surface area contributed by atoms with Crippen LogP contribution in [0.1, 0.15) is 0 Å². The van der Waals surface area contributed by atoms with E-state index in [2.05, 4.69) is 30.6 Å². The molecule has 1 fully saturated rings. The minimum atomic E-state index is 0.929. The SMILES string of the molecule is C=C/C=C1/CNCCS/C1=C/C=C. The van der Waals surface area contributed by atoms with Crippen LogP contribution in [0.2, 0.25) is 0 Å². The highest BCUT2D eigenvalue weighted by Crippen LogP contribution is 2.25. The molecule has 70 valence electrons. The molecule has 1 saturated heterocycles. The van der Waals surface area contributed by atoms with Crippen LogP contribution in [0.25, 0.3) is 0 Å². The van der Waals surface area contributed by atoms with Crippen LogP contribution in [-0.2, 0) is 0 Å². The predicted octanol–water partition coefficient (Wildman–Crippen LogP) is 2.51. The van der Waals surface area contributed by atoms with Crippen molar-refractivity contribution < 1.29 is 0 Å². The van der Waals surface area contributed by atoms with Crippen molar-refractivity contribution in [1.82, 2.24) is 5.32 Å². The van der Waals surface area contributed by atoms with Crippen molar-refractivity contribution in [3.8, 4) is 0 Å². The van der Waals surface area contributed by atoms with Gasteiger partial charge in [-0.1, -0.05) is 31.4 Å². The molecule has 1 rings (SSSR count). The average molecular weight is 193 g/mol. The molecule has 0 amide bonds. The highest BCUT2D eigenvalue weighted by Gasteiger charge is 2.08. The molecule has 0 unspecified atom stereocenters. The van der Waals surface area contributed by atoms with Gasteiger partial charge in [-0.05, 0) is 11.6 Å². The van der Waals surface area contributed by atoms with Gasteiger partial charge in [-0.3, -0.25) is 0 Å². The number of hydrogen-bond donors (Lipinski definition) is 1. The van der Waals surface area contributed by atoms with Crippen LogP contribution >= 0.6 is 11.8 Å². The Hall–Kier alpha value is -0.730. The molecule has 0 bridgehead atoms. The lowest BCUT2D eigenvalue weighted by Gasteiger charge is -2.04. The summed E-state index contributed by atoms with van der Waals surface area (Å²) in [6.45, 7) is 9.42. The second-order valence-corrected chi connectivity index (χ2v) is 3.86. The van der Waals surface area contributed by atoms with Crippen LogP contribution < -0.4 is 5.32 Å². The Kier molecular flexibility index (Phi) is 4.65. The number of allylic oxidation sites excluding steroid dienone is 4. The summed E-state index contributed by atoms with van der Waals surface area (Å²) in [5, 5.41) is 3.36. The number of rotatable bonds is 2. The van der Waals surface area contributed by atoms with Crippen molar-refractivity contribution in [2.45, 2.75) is 0 Å². The first-order chi connectivity index (χ1) is 6.38. The Balaban J connectivity index is 2.84.